The van der Waals surface area contributed by atoms with Gasteiger partial charge < -0.3 is 10.1 Å². The van der Waals surface area contributed by atoms with Crippen LogP contribution in [-0.4, -0.2) is 13.2 Å². The van der Waals surface area contributed by atoms with Crippen molar-refractivity contribution in [2.24, 2.45) is 5.92 Å². The van der Waals surface area contributed by atoms with Crippen LogP contribution in [0.2, 0.25) is 0 Å². The van der Waals surface area contributed by atoms with Crippen LogP contribution in [0.1, 0.15) is 37.8 Å². The van der Waals surface area contributed by atoms with E-state index in [4.69, 9.17) is 10.00 Å². The van der Waals surface area contributed by atoms with Gasteiger partial charge in [0.15, 0.2) is 11.6 Å². The first-order valence-corrected chi connectivity index (χ1v) is 6.64. The number of halogens is 1. The second-order valence-electron chi connectivity index (χ2n) is 5.06. The van der Waals surface area contributed by atoms with Gasteiger partial charge in [-0.15, -0.1) is 0 Å². The molecule has 0 aromatic heterocycles. The van der Waals surface area contributed by atoms with Crippen molar-refractivity contribution in [2.45, 2.75) is 38.3 Å². The number of rotatable bonds is 4. The van der Waals surface area contributed by atoms with E-state index in [9.17, 15) is 4.39 Å². The molecule has 3 atom stereocenters. The van der Waals surface area contributed by atoms with Gasteiger partial charge in [0.25, 0.3) is 0 Å². The third-order valence-corrected chi connectivity index (χ3v) is 3.82. The largest absolute Gasteiger partial charge is 0.494 e. The number of benzene rings is 1. The Bertz CT molecular complexity index is 484. The van der Waals surface area contributed by atoms with E-state index < -0.39 is 0 Å². The van der Waals surface area contributed by atoms with Crippen LogP contribution in [0.4, 0.5) is 4.39 Å². The van der Waals surface area contributed by atoms with Crippen LogP contribution in [0.3, 0.4) is 0 Å². The predicted molar refractivity (Wildman–Crippen MR) is 71.2 cm³/mol. The van der Waals surface area contributed by atoms with Crippen LogP contribution in [0.25, 0.3) is 0 Å². The van der Waals surface area contributed by atoms with Crippen LogP contribution < -0.4 is 10.1 Å². The number of hydrogen-bond acceptors (Lipinski definition) is 3. The molecule has 0 aliphatic heterocycles. The average Bonchev–Trinajstić information content (AvgIpc) is 2.85. The van der Waals surface area contributed by atoms with E-state index in [1.165, 1.54) is 13.2 Å². The summed E-state index contributed by atoms with van der Waals surface area (Å²) in [5, 5.41) is 12.5. The first-order chi connectivity index (χ1) is 9.15. The molecule has 1 fully saturated rings. The summed E-state index contributed by atoms with van der Waals surface area (Å²) in [5.74, 6) is -0.0193. The van der Waals surface area contributed by atoms with Gasteiger partial charge in [0.2, 0.25) is 0 Å². The van der Waals surface area contributed by atoms with Crippen molar-refractivity contribution in [3.05, 3.63) is 29.6 Å². The second kappa shape index (κ2) is 6.03. The van der Waals surface area contributed by atoms with Gasteiger partial charge in [-0.1, -0.05) is 12.5 Å². The molecule has 0 saturated heterocycles. The fourth-order valence-corrected chi connectivity index (χ4v) is 2.68. The molecule has 1 aliphatic rings. The molecule has 0 amide bonds. The third kappa shape index (κ3) is 3.05. The Morgan fingerprint density at radius 3 is 2.89 bits per heavy atom. The number of methoxy groups -OCH3 is 1. The van der Waals surface area contributed by atoms with Gasteiger partial charge in [-0.25, -0.2) is 4.39 Å². The summed E-state index contributed by atoms with van der Waals surface area (Å²) in [4.78, 5) is 0. The molecule has 0 heterocycles. The molecule has 1 N–H and O–H groups in total. The van der Waals surface area contributed by atoms with Gasteiger partial charge in [0, 0.05) is 12.1 Å². The Labute approximate surface area is 113 Å². The normalized spacial score (nSPS) is 23.9. The zero-order valence-electron chi connectivity index (χ0n) is 11.3. The van der Waals surface area contributed by atoms with Crippen molar-refractivity contribution < 1.29 is 9.13 Å². The molecule has 1 saturated carbocycles. The third-order valence-electron chi connectivity index (χ3n) is 3.82. The van der Waals surface area contributed by atoms with Crippen molar-refractivity contribution >= 4 is 0 Å². The summed E-state index contributed by atoms with van der Waals surface area (Å²) in [5.41, 5.74) is 0.877. The van der Waals surface area contributed by atoms with Crippen LogP contribution in [-0.2, 0) is 0 Å². The zero-order chi connectivity index (χ0) is 13.8. The van der Waals surface area contributed by atoms with Gasteiger partial charge >= 0.3 is 0 Å². The van der Waals surface area contributed by atoms with E-state index in [1.807, 2.05) is 13.0 Å². The number of nitrogens with one attached hydrogen (secondary N) is 1. The number of hydrogen-bond donors (Lipinski definition) is 1. The van der Waals surface area contributed by atoms with Crippen LogP contribution in [0, 0.1) is 23.1 Å². The Balaban J connectivity index is 2.05. The highest BCUT2D eigenvalue weighted by molar-refractivity contribution is 5.30. The lowest BCUT2D eigenvalue weighted by atomic mass is 10.0. The van der Waals surface area contributed by atoms with Crippen molar-refractivity contribution in [1.82, 2.24) is 5.32 Å². The fourth-order valence-electron chi connectivity index (χ4n) is 2.68. The molecule has 0 spiro atoms. The maximum atomic E-state index is 13.7. The molecule has 2 rings (SSSR count). The van der Waals surface area contributed by atoms with E-state index in [0.29, 0.717) is 0 Å². The molecule has 0 bridgehead atoms. The summed E-state index contributed by atoms with van der Waals surface area (Å²) < 4.78 is 18.6. The minimum absolute atomic E-state index is 0.0272. The number of nitrogens with zero attached hydrogens (tertiary/aromatic N) is 1. The molecule has 19 heavy (non-hydrogen) atoms. The van der Waals surface area contributed by atoms with Crippen molar-refractivity contribution in [1.29, 1.82) is 5.26 Å². The van der Waals surface area contributed by atoms with Crippen molar-refractivity contribution in [2.75, 3.05) is 7.11 Å². The predicted octanol–water partition coefficient (Wildman–Crippen LogP) is 3.18. The number of nitriles is 1. The lowest BCUT2D eigenvalue weighted by molar-refractivity contribution is 0.383. The summed E-state index contributed by atoms with van der Waals surface area (Å²) in [7, 11) is 1.45. The fraction of sp³-hybridized carbons (Fsp3) is 0.533. The first kappa shape index (κ1) is 13.8. The monoisotopic (exact) mass is 262 g/mol. The maximum Gasteiger partial charge on any atom is 0.165 e. The molecular weight excluding hydrogens is 243 g/mol. The Morgan fingerprint density at radius 1 is 1.47 bits per heavy atom. The second-order valence-corrected chi connectivity index (χ2v) is 5.06. The smallest absolute Gasteiger partial charge is 0.165 e. The van der Waals surface area contributed by atoms with E-state index >= 15 is 0 Å². The minimum Gasteiger partial charge on any atom is -0.494 e. The molecule has 102 valence electrons. The Morgan fingerprint density at radius 2 is 2.26 bits per heavy atom. The lowest BCUT2D eigenvalue weighted by Gasteiger charge is -2.22. The van der Waals surface area contributed by atoms with Crippen molar-refractivity contribution in [3.8, 4) is 11.8 Å². The van der Waals surface area contributed by atoms with Crippen LogP contribution in [0.5, 0.6) is 5.75 Å². The highest BCUT2D eigenvalue weighted by atomic mass is 19.1. The summed E-state index contributed by atoms with van der Waals surface area (Å²) in [6, 6.07) is 7.57. The first-order valence-electron chi connectivity index (χ1n) is 6.64. The van der Waals surface area contributed by atoms with Gasteiger partial charge in [-0.2, -0.15) is 5.26 Å². The molecule has 3 unspecified atom stereocenters. The molecule has 4 heteroatoms. The summed E-state index contributed by atoms with van der Waals surface area (Å²) >= 11 is 0. The average molecular weight is 262 g/mol. The van der Waals surface area contributed by atoms with Crippen LogP contribution in [0.15, 0.2) is 18.2 Å². The highest BCUT2D eigenvalue weighted by Crippen LogP contribution is 2.28. The highest BCUT2D eigenvalue weighted by Gasteiger charge is 2.28. The van der Waals surface area contributed by atoms with Gasteiger partial charge in [0.1, 0.15) is 0 Å². The van der Waals surface area contributed by atoms with Gasteiger partial charge in [-0.05, 0) is 37.5 Å². The Hall–Kier alpha value is -1.60. The topological polar surface area (TPSA) is 45.0 Å². The van der Waals surface area contributed by atoms with E-state index in [0.717, 1.165) is 24.8 Å². The molecule has 1 aromatic rings. The molecule has 0 radical (unpaired) electrons. The van der Waals surface area contributed by atoms with Crippen molar-refractivity contribution in [3.63, 3.8) is 0 Å². The SMILES string of the molecule is COc1ccc(C(C)NC2CCCC2C#N)cc1F. The zero-order valence-corrected chi connectivity index (χ0v) is 11.3. The molecule has 1 aliphatic carbocycles. The Kier molecular flexibility index (Phi) is 4.39. The van der Waals surface area contributed by atoms with E-state index in [-0.39, 0.29) is 29.6 Å². The van der Waals surface area contributed by atoms with E-state index in [1.54, 1.807) is 6.07 Å². The van der Waals surface area contributed by atoms with Crippen LogP contribution >= 0.6 is 0 Å². The van der Waals surface area contributed by atoms with Gasteiger partial charge in [0.05, 0.1) is 19.1 Å². The standard InChI is InChI=1S/C15H19FN2O/c1-10(18-14-5-3-4-12(14)9-17)11-6-7-15(19-2)13(16)8-11/h6-8,10,12,14,18H,3-5H2,1-2H3. The van der Waals surface area contributed by atoms with E-state index in [2.05, 4.69) is 11.4 Å². The summed E-state index contributed by atoms with van der Waals surface area (Å²) in [6.07, 6.45) is 3.05. The molecule has 3 nitrogen and oxygen atoms in total. The maximum absolute atomic E-state index is 13.7. The van der Waals surface area contributed by atoms with Gasteiger partial charge in [-0.3, -0.25) is 0 Å². The quantitative estimate of drug-likeness (QED) is 0.906. The summed E-state index contributed by atoms with van der Waals surface area (Å²) in [6.45, 7) is 1.99. The molecule has 1 aromatic carbocycles. The number of ether oxygens (including phenoxy) is 1. The lowest BCUT2D eigenvalue weighted by Crippen LogP contribution is -2.33. The molecular formula is C15H19FN2O. The minimum atomic E-state index is -0.350.